The number of methoxy groups -OCH3 is 1. The lowest BCUT2D eigenvalue weighted by molar-refractivity contribution is -0.123. The summed E-state index contributed by atoms with van der Waals surface area (Å²) in [7, 11) is 1.53. The number of furan rings is 2. The molecule has 1 fully saturated rings. The zero-order chi connectivity index (χ0) is 21.6. The normalized spacial score (nSPS) is 15.3. The monoisotopic (exact) mass is 422 g/mol. The quantitative estimate of drug-likeness (QED) is 0.596. The summed E-state index contributed by atoms with van der Waals surface area (Å²) in [6.45, 7) is 0. The number of para-hydroxylation sites is 2. The van der Waals surface area contributed by atoms with Crippen molar-refractivity contribution in [2.75, 3.05) is 12.0 Å². The minimum absolute atomic E-state index is 0.0805. The molecule has 7 heteroatoms. The highest BCUT2D eigenvalue weighted by molar-refractivity contribution is 6.09. The molecule has 0 radical (unpaired) electrons. The van der Waals surface area contributed by atoms with Crippen LogP contribution in [0, 0.1) is 0 Å². The van der Waals surface area contributed by atoms with E-state index in [2.05, 4.69) is 5.32 Å². The Kier molecular flexibility index (Phi) is 6.40. The SMILES string of the molecule is COc1ccccc1N(C(=O)c1ccco1)[C@@H](C(=O)NC1CCCCC1)c1ccco1. The van der Waals surface area contributed by atoms with Gasteiger partial charge in [0.1, 0.15) is 11.5 Å². The van der Waals surface area contributed by atoms with Crippen molar-refractivity contribution < 1.29 is 23.2 Å². The molecule has 4 rings (SSSR count). The van der Waals surface area contributed by atoms with Gasteiger partial charge in [-0.25, -0.2) is 0 Å². The van der Waals surface area contributed by atoms with Crippen LogP contribution in [0.25, 0.3) is 0 Å². The number of hydrogen-bond acceptors (Lipinski definition) is 5. The number of amides is 2. The third-order valence-electron chi connectivity index (χ3n) is 5.57. The number of rotatable bonds is 7. The lowest BCUT2D eigenvalue weighted by Gasteiger charge is -2.32. The molecule has 1 aliphatic carbocycles. The number of nitrogens with zero attached hydrogens (tertiary/aromatic N) is 1. The van der Waals surface area contributed by atoms with Gasteiger partial charge in [-0.15, -0.1) is 0 Å². The van der Waals surface area contributed by atoms with E-state index in [1.807, 2.05) is 6.07 Å². The highest BCUT2D eigenvalue weighted by Gasteiger charge is 2.38. The number of benzene rings is 1. The Morgan fingerprint density at radius 2 is 1.74 bits per heavy atom. The molecule has 1 N–H and O–H groups in total. The molecule has 0 spiro atoms. The number of hydrogen-bond donors (Lipinski definition) is 1. The second-order valence-corrected chi connectivity index (χ2v) is 7.59. The van der Waals surface area contributed by atoms with Crippen molar-refractivity contribution in [3.8, 4) is 5.75 Å². The molecule has 31 heavy (non-hydrogen) atoms. The third-order valence-corrected chi connectivity index (χ3v) is 5.57. The summed E-state index contributed by atoms with van der Waals surface area (Å²) in [4.78, 5) is 28.5. The van der Waals surface area contributed by atoms with Gasteiger partial charge in [-0.1, -0.05) is 31.4 Å². The number of carbonyl (C=O) groups is 2. The van der Waals surface area contributed by atoms with Gasteiger partial charge in [0.15, 0.2) is 11.8 Å². The molecule has 0 bridgehead atoms. The maximum Gasteiger partial charge on any atom is 0.295 e. The van der Waals surface area contributed by atoms with E-state index < -0.39 is 11.9 Å². The topological polar surface area (TPSA) is 84.9 Å². The molecular formula is C24H26N2O5. The van der Waals surface area contributed by atoms with E-state index in [9.17, 15) is 9.59 Å². The van der Waals surface area contributed by atoms with E-state index in [1.54, 1.807) is 42.5 Å². The van der Waals surface area contributed by atoms with Crippen LogP contribution in [0.5, 0.6) is 5.75 Å². The Labute approximate surface area is 181 Å². The van der Waals surface area contributed by atoms with Crippen LogP contribution in [0.1, 0.15) is 54.5 Å². The van der Waals surface area contributed by atoms with Crippen LogP contribution in [0.15, 0.2) is 69.9 Å². The first-order chi connectivity index (χ1) is 15.2. The lowest BCUT2D eigenvalue weighted by Crippen LogP contribution is -2.47. The Bertz CT molecular complexity index is 991. The predicted octanol–water partition coefficient (Wildman–Crippen LogP) is 4.72. The molecule has 2 amide bonds. The molecule has 1 atom stereocenters. The number of carbonyl (C=O) groups excluding carboxylic acids is 2. The van der Waals surface area contributed by atoms with E-state index in [0.29, 0.717) is 17.2 Å². The van der Waals surface area contributed by atoms with Crippen LogP contribution < -0.4 is 15.0 Å². The van der Waals surface area contributed by atoms with Crippen molar-refractivity contribution in [3.63, 3.8) is 0 Å². The average molecular weight is 422 g/mol. The molecule has 7 nitrogen and oxygen atoms in total. The maximum atomic E-state index is 13.6. The second-order valence-electron chi connectivity index (χ2n) is 7.59. The zero-order valence-electron chi connectivity index (χ0n) is 17.5. The molecule has 0 aliphatic heterocycles. The minimum Gasteiger partial charge on any atom is -0.495 e. The molecular weight excluding hydrogens is 396 g/mol. The van der Waals surface area contributed by atoms with Crippen molar-refractivity contribution >= 4 is 17.5 Å². The third kappa shape index (κ3) is 4.50. The molecule has 1 saturated carbocycles. The fourth-order valence-electron chi connectivity index (χ4n) is 4.06. The first kappa shape index (κ1) is 20.8. The smallest absolute Gasteiger partial charge is 0.295 e. The van der Waals surface area contributed by atoms with Crippen LogP contribution in [0.2, 0.25) is 0 Å². The van der Waals surface area contributed by atoms with Gasteiger partial charge in [-0.05, 0) is 49.2 Å². The number of ether oxygens (including phenoxy) is 1. The molecule has 162 valence electrons. The van der Waals surface area contributed by atoms with E-state index >= 15 is 0 Å². The fourth-order valence-corrected chi connectivity index (χ4v) is 4.06. The second kappa shape index (κ2) is 9.55. The minimum atomic E-state index is -1.02. The summed E-state index contributed by atoms with van der Waals surface area (Å²) < 4.78 is 16.5. The zero-order valence-corrected chi connectivity index (χ0v) is 17.5. The van der Waals surface area contributed by atoms with Gasteiger partial charge in [0.25, 0.3) is 11.8 Å². The molecule has 1 aromatic carbocycles. The maximum absolute atomic E-state index is 13.6. The molecule has 1 aliphatic rings. The molecule has 0 saturated heterocycles. The molecule has 2 heterocycles. The van der Waals surface area contributed by atoms with Crippen molar-refractivity contribution in [2.45, 2.75) is 44.2 Å². The summed E-state index contributed by atoms with van der Waals surface area (Å²) in [5.74, 6) is 0.179. The largest absolute Gasteiger partial charge is 0.495 e. The van der Waals surface area contributed by atoms with Gasteiger partial charge in [-0.2, -0.15) is 0 Å². The standard InChI is InChI=1S/C24H26N2O5/c1-29-19-12-6-5-11-18(19)26(24(28)21-14-8-16-31-21)22(20-13-7-15-30-20)23(27)25-17-9-3-2-4-10-17/h5-8,11-17,22H,2-4,9-10H2,1H3,(H,25,27)/t22-/m1/s1. The van der Waals surface area contributed by atoms with Gasteiger partial charge in [0.2, 0.25) is 0 Å². The Morgan fingerprint density at radius 3 is 2.42 bits per heavy atom. The van der Waals surface area contributed by atoms with Crippen molar-refractivity contribution in [1.82, 2.24) is 5.32 Å². The van der Waals surface area contributed by atoms with Crippen molar-refractivity contribution in [3.05, 3.63) is 72.6 Å². The van der Waals surface area contributed by atoms with Crippen LogP contribution in [-0.4, -0.2) is 25.0 Å². The summed E-state index contributed by atoms with van der Waals surface area (Å²) in [6.07, 6.45) is 8.12. The van der Waals surface area contributed by atoms with Gasteiger partial charge < -0.3 is 18.9 Å². The van der Waals surface area contributed by atoms with Crippen LogP contribution in [0.4, 0.5) is 5.69 Å². The first-order valence-electron chi connectivity index (χ1n) is 10.5. The van der Waals surface area contributed by atoms with Crippen molar-refractivity contribution in [1.29, 1.82) is 0 Å². The summed E-state index contributed by atoms with van der Waals surface area (Å²) >= 11 is 0. The highest BCUT2D eigenvalue weighted by Crippen LogP contribution is 2.36. The van der Waals surface area contributed by atoms with Crippen molar-refractivity contribution in [2.24, 2.45) is 0 Å². The van der Waals surface area contributed by atoms with Crippen LogP contribution >= 0.6 is 0 Å². The van der Waals surface area contributed by atoms with Gasteiger partial charge in [0.05, 0.1) is 25.3 Å². The Balaban J connectivity index is 1.78. The fraction of sp³-hybridized carbons (Fsp3) is 0.333. The molecule has 3 aromatic rings. The summed E-state index contributed by atoms with van der Waals surface area (Å²) in [6, 6.07) is 12.8. The average Bonchev–Trinajstić information content (AvgIpc) is 3.52. The van der Waals surface area contributed by atoms with Crippen LogP contribution in [-0.2, 0) is 4.79 Å². The van der Waals surface area contributed by atoms with Gasteiger partial charge in [-0.3, -0.25) is 14.5 Å². The predicted molar refractivity (Wildman–Crippen MR) is 115 cm³/mol. The highest BCUT2D eigenvalue weighted by atomic mass is 16.5. The molecule has 2 aromatic heterocycles. The summed E-state index contributed by atoms with van der Waals surface area (Å²) in [5, 5.41) is 3.13. The van der Waals surface area contributed by atoms with E-state index in [0.717, 1.165) is 25.7 Å². The number of anilines is 1. The Hall–Kier alpha value is -3.48. The molecule has 0 unspecified atom stereocenters. The Morgan fingerprint density at radius 1 is 1.00 bits per heavy atom. The van der Waals surface area contributed by atoms with E-state index in [-0.39, 0.29) is 17.7 Å². The first-order valence-corrected chi connectivity index (χ1v) is 10.5. The lowest BCUT2D eigenvalue weighted by atomic mass is 9.95. The van der Waals surface area contributed by atoms with Gasteiger partial charge >= 0.3 is 0 Å². The van der Waals surface area contributed by atoms with E-state index in [1.165, 1.54) is 31.0 Å². The summed E-state index contributed by atoms with van der Waals surface area (Å²) in [5.41, 5.74) is 0.451. The number of nitrogens with one attached hydrogen (secondary N) is 1. The van der Waals surface area contributed by atoms with Crippen LogP contribution in [0.3, 0.4) is 0 Å². The van der Waals surface area contributed by atoms with Gasteiger partial charge in [0, 0.05) is 6.04 Å². The van der Waals surface area contributed by atoms with E-state index in [4.69, 9.17) is 13.6 Å².